The number of anilines is 1. The van der Waals surface area contributed by atoms with Crippen LogP contribution in [0.25, 0.3) is 10.9 Å². The molecule has 18 heavy (non-hydrogen) atoms. The Labute approximate surface area is 111 Å². The first-order valence-electron chi connectivity index (χ1n) is 5.37. The van der Waals surface area contributed by atoms with E-state index in [2.05, 4.69) is 0 Å². The van der Waals surface area contributed by atoms with Gasteiger partial charge in [-0.25, -0.2) is 8.42 Å². The zero-order valence-electron chi connectivity index (χ0n) is 10.2. The van der Waals surface area contributed by atoms with Crippen molar-refractivity contribution in [3.8, 4) is 0 Å². The fourth-order valence-electron chi connectivity index (χ4n) is 1.80. The second kappa shape index (κ2) is 4.74. The number of sulfonamides is 1. The summed E-state index contributed by atoms with van der Waals surface area (Å²) in [5, 5.41) is 0.550. The Balaban J connectivity index is 2.60. The van der Waals surface area contributed by atoms with Crippen molar-refractivity contribution in [1.29, 1.82) is 0 Å². The number of alkyl halides is 1. The molecule has 0 fully saturated rings. The van der Waals surface area contributed by atoms with Crippen LogP contribution in [0.4, 0.5) is 5.69 Å². The van der Waals surface area contributed by atoms with E-state index >= 15 is 0 Å². The van der Waals surface area contributed by atoms with Crippen LogP contribution in [0.15, 0.2) is 36.5 Å². The van der Waals surface area contributed by atoms with Crippen LogP contribution < -0.4 is 8.87 Å². The summed E-state index contributed by atoms with van der Waals surface area (Å²) in [6.45, 7) is 0. The summed E-state index contributed by atoms with van der Waals surface area (Å²) in [5.74, 6) is 0. The number of aromatic nitrogens is 1. The summed E-state index contributed by atoms with van der Waals surface area (Å²) in [6, 6.07) is 9.62. The number of rotatable bonds is 3. The molecule has 96 valence electrons. The standard InChI is InChI=1S/C12H14ClN2O2S/c1-14-8-11(15(2)18(16,17)9-13)7-10-5-3-4-6-12(10)14/h3-8H,9H2,1-2H3/q+1. The van der Waals surface area contributed by atoms with Crippen LogP contribution in [-0.2, 0) is 17.1 Å². The molecule has 0 aliphatic rings. The number of hydrogen-bond donors (Lipinski definition) is 0. The smallest absolute Gasteiger partial charge is 0.249 e. The van der Waals surface area contributed by atoms with Crippen molar-refractivity contribution in [2.24, 2.45) is 7.05 Å². The lowest BCUT2D eigenvalue weighted by atomic mass is 10.2. The Morgan fingerprint density at radius 1 is 1.33 bits per heavy atom. The minimum Gasteiger partial charge on any atom is -0.266 e. The van der Waals surface area contributed by atoms with Gasteiger partial charge in [0.05, 0.1) is 0 Å². The molecule has 2 rings (SSSR count). The minimum atomic E-state index is -3.45. The van der Waals surface area contributed by atoms with Crippen molar-refractivity contribution in [2.75, 3.05) is 16.6 Å². The Morgan fingerprint density at radius 2 is 2.00 bits per heavy atom. The van der Waals surface area contributed by atoms with Gasteiger partial charge in [-0.05, 0) is 12.1 Å². The third-order valence-electron chi connectivity index (χ3n) is 2.86. The zero-order valence-corrected chi connectivity index (χ0v) is 11.7. The lowest BCUT2D eigenvalue weighted by molar-refractivity contribution is -0.644. The normalized spacial score (nSPS) is 11.7. The highest BCUT2D eigenvalue weighted by Crippen LogP contribution is 2.20. The summed E-state index contributed by atoms with van der Waals surface area (Å²) in [5.41, 5.74) is 1.63. The van der Waals surface area contributed by atoms with E-state index < -0.39 is 15.2 Å². The summed E-state index contributed by atoms with van der Waals surface area (Å²) in [6.07, 6.45) is 1.77. The van der Waals surface area contributed by atoms with E-state index in [-0.39, 0.29) is 0 Å². The van der Waals surface area contributed by atoms with E-state index in [1.54, 1.807) is 6.20 Å². The molecule has 0 saturated carbocycles. The van der Waals surface area contributed by atoms with Crippen LogP contribution in [0.3, 0.4) is 0 Å². The SMILES string of the molecule is CN(c1cc2ccccc2[n+](C)c1)S(=O)(=O)CCl. The van der Waals surface area contributed by atoms with Gasteiger partial charge in [0.2, 0.25) is 15.5 Å². The first kappa shape index (κ1) is 13.1. The minimum absolute atomic E-state index is 0.431. The van der Waals surface area contributed by atoms with Gasteiger partial charge in [0.15, 0.2) is 6.20 Å². The average Bonchev–Trinajstić information content (AvgIpc) is 2.37. The number of halogens is 1. The van der Waals surface area contributed by atoms with Crippen LogP contribution >= 0.6 is 11.6 Å². The van der Waals surface area contributed by atoms with Gasteiger partial charge < -0.3 is 0 Å². The highest BCUT2D eigenvalue weighted by Gasteiger charge is 2.20. The van der Waals surface area contributed by atoms with E-state index in [0.29, 0.717) is 5.69 Å². The topological polar surface area (TPSA) is 41.3 Å². The van der Waals surface area contributed by atoms with Gasteiger partial charge in [-0.1, -0.05) is 12.1 Å². The fraction of sp³-hybridized carbons (Fsp3) is 0.250. The van der Waals surface area contributed by atoms with Crippen LogP contribution in [0.1, 0.15) is 0 Å². The molecule has 1 aromatic carbocycles. The molecule has 4 nitrogen and oxygen atoms in total. The summed E-state index contributed by atoms with van der Waals surface area (Å²) < 4.78 is 26.6. The molecule has 6 heteroatoms. The lowest BCUT2D eigenvalue weighted by Gasteiger charge is -2.16. The van der Waals surface area contributed by atoms with Crippen molar-refractivity contribution in [2.45, 2.75) is 0 Å². The van der Waals surface area contributed by atoms with Crippen molar-refractivity contribution in [1.82, 2.24) is 0 Å². The van der Waals surface area contributed by atoms with Crippen LogP contribution in [0.2, 0.25) is 0 Å². The lowest BCUT2D eigenvalue weighted by Crippen LogP contribution is -2.33. The number of pyridine rings is 1. The van der Waals surface area contributed by atoms with Crippen molar-refractivity contribution < 1.29 is 13.0 Å². The molecule has 0 aliphatic heterocycles. The quantitative estimate of drug-likeness (QED) is 0.635. The molecular weight excluding hydrogens is 272 g/mol. The number of para-hydroxylation sites is 1. The molecule has 0 N–H and O–H groups in total. The van der Waals surface area contributed by atoms with Gasteiger partial charge in [-0.2, -0.15) is 4.57 Å². The van der Waals surface area contributed by atoms with E-state index in [0.717, 1.165) is 10.9 Å². The molecule has 2 aromatic rings. The maximum Gasteiger partial charge on any atom is 0.249 e. The van der Waals surface area contributed by atoms with E-state index in [1.807, 2.05) is 41.9 Å². The summed E-state index contributed by atoms with van der Waals surface area (Å²) in [4.78, 5) is 0. The predicted molar refractivity (Wildman–Crippen MR) is 73.2 cm³/mol. The zero-order chi connectivity index (χ0) is 13.3. The van der Waals surface area contributed by atoms with Gasteiger partial charge >= 0.3 is 0 Å². The van der Waals surface area contributed by atoms with Crippen LogP contribution in [0.5, 0.6) is 0 Å². The Kier molecular flexibility index (Phi) is 3.45. The molecular formula is C12H14ClN2O2S+. The summed E-state index contributed by atoms with van der Waals surface area (Å²) in [7, 11) is -0.0675. The van der Waals surface area contributed by atoms with Gasteiger partial charge in [0.1, 0.15) is 17.9 Å². The molecule has 0 spiro atoms. The Bertz CT molecular complexity index is 686. The third kappa shape index (κ3) is 2.28. The van der Waals surface area contributed by atoms with E-state index in [9.17, 15) is 8.42 Å². The largest absolute Gasteiger partial charge is 0.266 e. The molecule has 0 saturated heterocycles. The Hall–Kier alpha value is -1.33. The van der Waals surface area contributed by atoms with Crippen molar-refractivity contribution >= 4 is 38.2 Å². The first-order valence-corrected chi connectivity index (χ1v) is 7.51. The average molecular weight is 286 g/mol. The van der Waals surface area contributed by atoms with Crippen molar-refractivity contribution in [3.63, 3.8) is 0 Å². The number of aryl methyl sites for hydroxylation is 1. The number of nitrogens with zero attached hydrogens (tertiary/aromatic N) is 2. The summed E-state index contributed by atoms with van der Waals surface area (Å²) >= 11 is 5.46. The highest BCUT2D eigenvalue weighted by molar-refractivity contribution is 7.93. The molecule has 1 heterocycles. The molecule has 0 bridgehead atoms. The highest BCUT2D eigenvalue weighted by atomic mass is 35.5. The van der Waals surface area contributed by atoms with Crippen molar-refractivity contribution in [3.05, 3.63) is 36.5 Å². The maximum atomic E-state index is 11.7. The van der Waals surface area contributed by atoms with Gasteiger partial charge in [0, 0.05) is 18.5 Å². The van der Waals surface area contributed by atoms with Crippen LogP contribution in [0, 0.1) is 0 Å². The molecule has 0 radical (unpaired) electrons. The number of benzene rings is 1. The van der Waals surface area contributed by atoms with E-state index in [4.69, 9.17) is 11.6 Å². The monoisotopic (exact) mass is 285 g/mol. The molecule has 1 aromatic heterocycles. The molecule has 0 aliphatic carbocycles. The maximum absolute atomic E-state index is 11.7. The number of fused-ring (bicyclic) bond motifs is 1. The fourth-order valence-corrected chi connectivity index (χ4v) is 2.81. The third-order valence-corrected chi connectivity index (χ3v) is 5.01. The van der Waals surface area contributed by atoms with E-state index in [1.165, 1.54) is 11.4 Å². The Morgan fingerprint density at radius 3 is 2.67 bits per heavy atom. The van der Waals surface area contributed by atoms with Gasteiger partial charge in [-0.3, -0.25) is 4.31 Å². The molecule has 0 atom stereocenters. The second-order valence-corrected chi connectivity index (χ2v) is 6.64. The number of hydrogen-bond acceptors (Lipinski definition) is 2. The van der Waals surface area contributed by atoms with Crippen LogP contribution in [-0.4, -0.2) is 20.7 Å². The molecule has 0 unspecified atom stereocenters. The van der Waals surface area contributed by atoms with Gasteiger partial charge in [0.25, 0.3) is 0 Å². The van der Waals surface area contributed by atoms with Gasteiger partial charge in [-0.15, -0.1) is 11.6 Å². The first-order chi connectivity index (χ1) is 8.45. The second-order valence-electron chi connectivity index (χ2n) is 4.06. The predicted octanol–water partition coefficient (Wildman–Crippen LogP) is 1.63. The molecule has 0 amide bonds.